The maximum atomic E-state index is 12.0. The number of thiazole rings is 2. The van der Waals surface area contributed by atoms with Crippen LogP contribution in [0.2, 0.25) is 0 Å². The minimum Gasteiger partial charge on any atom is -0.299 e. The van der Waals surface area contributed by atoms with Crippen LogP contribution in [0.5, 0.6) is 0 Å². The summed E-state index contributed by atoms with van der Waals surface area (Å²) in [5.74, 6) is 0. The molecule has 3 aromatic heterocycles. The quantitative estimate of drug-likeness (QED) is 0.473. The Kier molecular flexibility index (Phi) is 3.93. The van der Waals surface area contributed by atoms with Crippen LogP contribution >= 0.6 is 45.8 Å². The minimum absolute atomic E-state index is 0.281. The molecule has 4 rings (SSSR count). The van der Waals surface area contributed by atoms with Gasteiger partial charge in [0.1, 0.15) is 0 Å². The minimum atomic E-state index is -0.281. The Bertz CT molecular complexity index is 989. The molecule has 116 valence electrons. The van der Waals surface area contributed by atoms with Gasteiger partial charge in [0.15, 0.2) is 9.47 Å². The van der Waals surface area contributed by atoms with Gasteiger partial charge in [-0.05, 0) is 35.9 Å². The number of nitrogens with one attached hydrogen (secondary N) is 2. The molecule has 2 amide bonds. The monoisotopic (exact) mass is 378 g/mol. The van der Waals surface area contributed by atoms with E-state index in [0.29, 0.717) is 5.13 Å². The van der Waals surface area contributed by atoms with Crippen molar-refractivity contribution in [2.24, 2.45) is 0 Å². The van der Waals surface area contributed by atoms with Crippen molar-refractivity contribution in [1.29, 1.82) is 0 Å². The summed E-state index contributed by atoms with van der Waals surface area (Å²) in [6.45, 7) is 0. The number of thiophene rings is 1. The van der Waals surface area contributed by atoms with Crippen molar-refractivity contribution in [3.05, 3.63) is 29.6 Å². The SMILES string of the molecule is CSc1nc2ccc3nc(NC(=O)Nc4cccs4)sc3c2s1. The third kappa shape index (κ3) is 2.92. The number of anilines is 2. The molecule has 2 N–H and O–H groups in total. The van der Waals surface area contributed by atoms with Crippen LogP contribution in [-0.2, 0) is 0 Å². The number of fused-ring (bicyclic) bond motifs is 3. The summed E-state index contributed by atoms with van der Waals surface area (Å²) in [7, 11) is 0. The van der Waals surface area contributed by atoms with Crippen molar-refractivity contribution in [2.75, 3.05) is 16.9 Å². The van der Waals surface area contributed by atoms with Gasteiger partial charge in [-0.1, -0.05) is 23.1 Å². The van der Waals surface area contributed by atoms with Crippen molar-refractivity contribution in [1.82, 2.24) is 9.97 Å². The van der Waals surface area contributed by atoms with Gasteiger partial charge >= 0.3 is 6.03 Å². The molecule has 0 radical (unpaired) electrons. The van der Waals surface area contributed by atoms with Gasteiger partial charge in [0.2, 0.25) is 0 Å². The molecule has 0 aliphatic carbocycles. The molecule has 0 saturated carbocycles. The van der Waals surface area contributed by atoms with E-state index >= 15 is 0 Å². The summed E-state index contributed by atoms with van der Waals surface area (Å²) in [4.78, 5) is 21.1. The normalized spacial score (nSPS) is 11.2. The first-order valence-electron chi connectivity index (χ1n) is 6.58. The summed E-state index contributed by atoms with van der Waals surface area (Å²) in [5, 5.41) is 8.89. The number of benzene rings is 1. The molecule has 9 heteroatoms. The van der Waals surface area contributed by atoms with Crippen LogP contribution in [0.15, 0.2) is 34.0 Å². The number of rotatable bonds is 3. The van der Waals surface area contributed by atoms with Gasteiger partial charge in [-0.25, -0.2) is 14.8 Å². The van der Waals surface area contributed by atoms with Gasteiger partial charge in [0.25, 0.3) is 0 Å². The Morgan fingerprint density at radius 3 is 2.61 bits per heavy atom. The summed E-state index contributed by atoms with van der Waals surface area (Å²) in [6.07, 6.45) is 2.02. The number of thioether (sulfide) groups is 1. The van der Waals surface area contributed by atoms with Crippen molar-refractivity contribution >= 4 is 82.4 Å². The first-order valence-corrected chi connectivity index (χ1v) is 10.3. The molecule has 1 aromatic carbocycles. The molecule has 5 nitrogen and oxygen atoms in total. The highest BCUT2D eigenvalue weighted by Crippen LogP contribution is 2.38. The highest BCUT2D eigenvalue weighted by molar-refractivity contribution is 8.00. The fraction of sp³-hybridized carbons (Fsp3) is 0.0714. The fourth-order valence-corrected chi connectivity index (χ4v) is 5.35. The topological polar surface area (TPSA) is 66.9 Å². The Morgan fingerprint density at radius 2 is 1.87 bits per heavy atom. The molecule has 0 spiro atoms. The van der Waals surface area contributed by atoms with Crippen LogP contribution in [0.25, 0.3) is 20.4 Å². The van der Waals surface area contributed by atoms with Crippen LogP contribution in [0, 0.1) is 0 Å². The number of urea groups is 1. The Morgan fingerprint density at radius 1 is 1.09 bits per heavy atom. The third-order valence-electron chi connectivity index (χ3n) is 3.05. The van der Waals surface area contributed by atoms with Crippen LogP contribution < -0.4 is 10.6 Å². The van der Waals surface area contributed by atoms with Crippen LogP contribution in [0.4, 0.5) is 14.9 Å². The van der Waals surface area contributed by atoms with E-state index in [1.54, 1.807) is 23.1 Å². The van der Waals surface area contributed by atoms with Crippen LogP contribution in [0.1, 0.15) is 0 Å². The Labute approximate surface area is 147 Å². The summed E-state index contributed by atoms with van der Waals surface area (Å²) in [5.41, 5.74) is 1.86. The smallest absolute Gasteiger partial charge is 0.299 e. The molecule has 0 saturated heterocycles. The maximum absolute atomic E-state index is 12.0. The number of carbonyl (C=O) groups excluding carboxylic acids is 1. The number of amides is 2. The second-order valence-corrected chi connectivity index (χ2v) is 8.52. The second-order valence-electron chi connectivity index (χ2n) is 4.52. The highest BCUT2D eigenvalue weighted by Gasteiger charge is 2.13. The number of carbonyl (C=O) groups is 1. The zero-order valence-electron chi connectivity index (χ0n) is 11.8. The number of hydrogen-bond acceptors (Lipinski definition) is 7. The van der Waals surface area contributed by atoms with E-state index in [1.807, 2.05) is 35.9 Å². The van der Waals surface area contributed by atoms with Gasteiger partial charge in [0.05, 0.1) is 25.4 Å². The van der Waals surface area contributed by atoms with Crippen LogP contribution in [0.3, 0.4) is 0 Å². The first kappa shape index (κ1) is 14.9. The first-order chi connectivity index (χ1) is 11.2. The number of aromatic nitrogens is 2. The molecule has 23 heavy (non-hydrogen) atoms. The van der Waals surface area contributed by atoms with Gasteiger partial charge in [-0.3, -0.25) is 10.6 Å². The van der Waals surface area contributed by atoms with E-state index in [2.05, 4.69) is 20.6 Å². The van der Waals surface area contributed by atoms with Gasteiger partial charge < -0.3 is 0 Å². The Balaban J connectivity index is 1.64. The average molecular weight is 379 g/mol. The highest BCUT2D eigenvalue weighted by atomic mass is 32.2. The van der Waals surface area contributed by atoms with E-state index in [0.717, 1.165) is 29.8 Å². The predicted molar refractivity (Wildman–Crippen MR) is 102 cm³/mol. The van der Waals surface area contributed by atoms with E-state index in [1.165, 1.54) is 22.7 Å². The maximum Gasteiger partial charge on any atom is 0.326 e. The van der Waals surface area contributed by atoms with Crippen molar-refractivity contribution in [2.45, 2.75) is 4.34 Å². The average Bonchev–Trinajstić information content (AvgIpc) is 3.23. The van der Waals surface area contributed by atoms with E-state index in [4.69, 9.17) is 0 Å². The molecule has 4 aromatic rings. The van der Waals surface area contributed by atoms with Crippen LogP contribution in [-0.4, -0.2) is 22.3 Å². The lowest BCUT2D eigenvalue weighted by molar-refractivity contribution is 0.262. The summed E-state index contributed by atoms with van der Waals surface area (Å²) >= 11 is 6.24. The molecule has 0 aliphatic heterocycles. The standard InChI is InChI=1S/C14H10N4OS4/c1-20-14-16-8-5-4-7-10(11(8)23-14)22-13(15-7)18-12(19)17-9-3-2-6-21-9/h2-6H,1H3,(H2,15,17,18,19). The van der Waals surface area contributed by atoms with Crippen molar-refractivity contribution < 1.29 is 4.79 Å². The van der Waals surface area contributed by atoms with E-state index in [9.17, 15) is 4.79 Å². The molecular weight excluding hydrogens is 368 g/mol. The number of nitrogens with zero attached hydrogens (tertiary/aromatic N) is 2. The van der Waals surface area contributed by atoms with Crippen molar-refractivity contribution in [3.8, 4) is 0 Å². The van der Waals surface area contributed by atoms with Gasteiger partial charge in [-0.15, -0.1) is 22.7 Å². The molecule has 0 bridgehead atoms. The molecular formula is C14H10N4OS4. The predicted octanol–water partition coefficient (Wildman–Crippen LogP) is 5.33. The largest absolute Gasteiger partial charge is 0.326 e. The lowest BCUT2D eigenvalue weighted by Crippen LogP contribution is -2.18. The molecule has 3 heterocycles. The Hall–Kier alpha value is -1.68. The van der Waals surface area contributed by atoms with Crippen molar-refractivity contribution in [3.63, 3.8) is 0 Å². The van der Waals surface area contributed by atoms with E-state index < -0.39 is 0 Å². The summed E-state index contributed by atoms with van der Waals surface area (Å²) in [6, 6.07) is 7.38. The molecule has 0 fully saturated rings. The third-order valence-corrected chi connectivity index (χ3v) is 7.04. The fourth-order valence-electron chi connectivity index (χ4n) is 2.08. The molecule has 0 atom stereocenters. The second kappa shape index (κ2) is 6.08. The zero-order valence-corrected chi connectivity index (χ0v) is 15.1. The summed E-state index contributed by atoms with van der Waals surface area (Å²) < 4.78 is 3.22. The lowest BCUT2D eigenvalue weighted by Gasteiger charge is -2.01. The lowest BCUT2D eigenvalue weighted by atomic mass is 10.3. The van der Waals surface area contributed by atoms with Gasteiger partial charge in [0, 0.05) is 0 Å². The number of hydrogen-bond donors (Lipinski definition) is 2. The van der Waals surface area contributed by atoms with Gasteiger partial charge in [-0.2, -0.15) is 0 Å². The molecule has 0 aliphatic rings. The van der Waals surface area contributed by atoms with E-state index in [-0.39, 0.29) is 6.03 Å². The zero-order chi connectivity index (χ0) is 15.8. The molecule has 0 unspecified atom stereocenters.